The normalized spacial score (nSPS) is 14.3. The van der Waals surface area contributed by atoms with Crippen LogP contribution in [-0.4, -0.2) is 19.5 Å². The van der Waals surface area contributed by atoms with E-state index in [0.29, 0.717) is 0 Å². The van der Waals surface area contributed by atoms with Crippen LogP contribution in [0.5, 0.6) is 0 Å². The Morgan fingerprint density at radius 1 is 0.536 bits per heavy atom. The fourth-order valence-electron chi connectivity index (χ4n) is 9.05. The highest BCUT2D eigenvalue weighted by molar-refractivity contribution is 6.11. The maximum atomic E-state index is 5.38. The van der Waals surface area contributed by atoms with E-state index in [4.69, 9.17) is 15.0 Å². The lowest BCUT2D eigenvalue weighted by atomic mass is 9.69. The summed E-state index contributed by atoms with van der Waals surface area (Å²) < 4.78 is 2.34. The summed E-state index contributed by atoms with van der Waals surface area (Å²) in [5, 5.41) is 3.66. The van der Waals surface area contributed by atoms with Crippen molar-refractivity contribution in [2.45, 2.75) is 32.1 Å². The van der Waals surface area contributed by atoms with E-state index in [-0.39, 0.29) is 5.41 Å². The van der Waals surface area contributed by atoms with E-state index in [2.05, 4.69) is 182 Å². The maximum absolute atomic E-state index is 5.38. The van der Waals surface area contributed by atoms with Gasteiger partial charge in [0.2, 0.25) is 0 Å². The number of pyridine rings is 1. The first-order valence-electron chi connectivity index (χ1n) is 19.5. The van der Waals surface area contributed by atoms with Crippen LogP contribution in [-0.2, 0) is 5.41 Å². The van der Waals surface area contributed by atoms with E-state index in [9.17, 15) is 0 Å². The predicted octanol–water partition coefficient (Wildman–Crippen LogP) is 13.2. The number of fused-ring (bicyclic) bond motifs is 5. The minimum atomic E-state index is -0.111. The zero-order valence-corrected chi connectivity index (χ0v) is 31.4. The molecule has 9 aromatic rings. The molecule has 2 aliphatic carbocycles. The van der Waals surface area contributed by atoms with Gasteiger partial charge in [0.05, 0.1) is 27.9 Å². The summed E-state index contributed by atoms with van der Waals surface area (Å²) >= 11 is 0. The van der Waals surface area contributed by atoms with Crippen molar-refractivity contribution in [2.24, 2.45) is 0 Å². The lowest BCUT2D eigenvalue weighted by molar-refractivity contribution is 0.645. The molecule has 11 rings (SSSR count). The van der Waals surface area contributed by atoms with Crippen LogP contribution in [0.4, 0.5) is 0 Å². The van der Waals surface area contributed by atoms with Crippen molar-refractivity contribution in [1.29, 1.82) is 0 Å². The van der Waals surface area contributed by atoms with Crippen LogP contribution >= 0.6 is 0 Å². The highest BCUT2D eigenvalue weighted by atomic mass is 15.1. The molecule has 0 saturated heterocycles. The van der Waals surface area contributed by atoms with Gasteiger partial charge < -0.3 is 0 Å². The molecule has 266 valence electrons. The molecular weight excluding hydrogens is 681 g/mol. The van der Waals surface area contributed by atoms with E-state index < -0.39 is 0 Å². The number of benzene rings is 6. The Morgan fingerprint density at radius 3 is 2.12 bits per heavy atom. The molecule has 3 aromatic heterocycles. The quantitative estimate of drug-likeness (QED) is 0.178. The van der Waals surface area contributed by atoms with Gasteiger partial charge in [-0.3, -0.25) is 4.57 Å². The molecule has 0 aliphatic heterocycles. The van der Waals surface area contributed by atoms with Crippen LogP contribution in [0.1, 0.15) is 43.5 Å². The zero-order chi connectivity index (χ0) is 37.4. The van der Waals surface area contributed by atoms with Gasteiger partial charge in [-0.1, -0.05) is 147 Å². The molecule has 3 heterocycles. The second-order valence-electron chi connectivity index (χ2n) is 15.5. The van der Waals surface area contributed by atoms with Crippen molar-refractivity contribution in [3.63, 3.8) is 0 Å². The minimum Gasteiger partial charge on any atom is -0.294 e. The van der Waals surface area contributed by atoms with Gasteiger partial charge in [0.15, 0.2) is 5.82 Å². The van der Waals surface area contributed by atoms with Crippen LogP contribution in [0.25, 0.3) is 89.0 Å². The van der Waals surface area contributed by atoms with E-state index >= 15 is 0 Å². The van der Waals surface area contributed by atoms with Crippen LogP contribution in [0, 0.1) is 0 Å². The summed E-state index contributed by atoms with van der Waals surface area (Å²) in [5.74, 6) is 1.67. The number of hydrogen-bond donors (Lipinski definition) is 0. The molecule has 6 aromatic carbocycles. The molecule has 56 heavy (non-hydrogen) atoms. The topological polar surface area (TPSA) is 43.6 Å². The Balaban J connectivity index is 1.02. The Bertz CT molecular complexity index is 3090. The fraction of sp³-hybridized carbons (Fsp3) is 0.0962. The van der Waals surface area contributed by atoms with Crippen molar-refractivity contribution < 1.29 is 0 Å². The monoisotopic (exact) mass is 718 g/mol. The first-order valence-corrected chi connectivity index (χ1v) is 19.5. The van der Waals surface area contributed by atoms with Crippen molar-refractivity contribution in [2.75, 3.05) is 0 Å². The molecule has 0 spiro atoms. The SMILES string of the molecule is CC1(C)c2ccccc2-c2cc(-n3c4ccccc4c4cc(-c5ccc(-c6nc(C7=CC=CCC7)cc(-c7ccccc7)n6)cc5)ccc43)nc3cccc1c23. The third-order valence-corrected chi connectivity index (χ3v) is 11.9. The van der Waals surface area contributed by atoms with Gasteiger partial charge in [-0.05, 0) is 88.2 Å². The summed E-state index contributed by atoms with van der Waals surface area (Å²) in [5.41, 5.74) is 16.0. The third kappa shape index (κ3) is 5.10. The van der Waals surface area contributed by atoms with Gasteiger partial charge in [-0.2, -0.15) is 0 Å². The van der Waals surface area contributed by atoms with Gasteiger partial charge in [0.25, 0.3) is 0 Å². The van der Waals surface area contributed by atoms with E-state index in [1.807, 2.05) is 6.07 Å². The highest BCUT2D eigenvalue weighted by Gasteiger charge is 2.34. The third-order valence-electron chi connectivity index (χ3n) is 11.9. The van der Waals surface area contributed by atoms with E-state index in [1.54, 1.807) is 0 Å². The summed E-state index contributed by atoms with van der Waals surface area (Å²) in [4.78, 5) is 15.6. The lowest BCUT2D eigenvalue weighted by Gasteiger charge is -2.35. The Kier molecular flexibility index (Phi) is 7.30. The smallest absolute Gasteiger partial charge is 0.160 e. The first kappa shape index (κ1) is 32.5. The molecule has 0 fully saturated rings. The fourth-order valence-corrected chi connectivity index (χ4v) is 9.05. The standard InChI is InChI=1S/C52H38N4/c1-52(2)42-20-11-9-18-38(42)41-31-49(53-44-22-13-21-43(52)50(41)44)56-47-23-12-10-19-39(47)40-30-37(28-29-48(40)56)33-24-26-36(27-25-33)51-54-45(34-14-5-3-6-15-34)32-46(55-51)35-16-7-4-8-17-35/h3-7,9-16,18-32H,8,17H2,1-2H3. The van der Waals surface area contributed by atoms with Gasteiger partial charge >= 0.3 is 0 Å². The second kappa shape index (κ2) is 12.6. The molecule has 0 saturated carbocycles. The molecule has 0 unspecified atom stereocenters. The van der Waals surface area contributed by atoms with Crippen molar-refractivity contribution in [3.8, 4) is 50.7 Å². The predicted molar refractivity (Wildman–Crippen MR) is 232 cm³/mol. The molecule has 4 heteroatoms. The Hall–Kier alpha value is -6.91. The van der Waals surface area contributed by atoms with Gasteiger partial charge in [0, 0.05) is 32.7 Å². The number of aromatic nitrogens is 4. The molecule has 0 radical (unpaired) electrons. The van der Waals surface area contributed by atoms with Gasteiger partial charge in [0.1, 0.15) is 5.82 Å². The summed E-state index contributed by atoms with van der Waals surface area (Å²) in [7, 11) is 0. The number of nitrogens with zero attached hydrogens (tertiary/aromatic N) is 4. The van der Waals surface area contributed by atoms with Crippen LogP contribution in [0.15, 0.2) is 170 Å². The molecule has 0 atom stereocenters. The minimum absolute atomic E-state index is 0.111. The van der Waals surface area contributed by atoms with Crippen molar-refractivity contribution in [3.05, 3.63) is 187 Å². The average Bonchev–Trinajstić information content (AvgIpc) is 3.59. The molecule has 0 bridgehead atoms. The second-order valence-corrected chi connectivity index (χ2v) is 15.5. The highest BCUT2D eigenvalue weighted by Crippen LogP contribution is 2.49. The molecular formula is C52H38N4. The van der Waals surface area contributed by atoms with E-state index in [1.165, 1.54) is 44.0 Å². The summed E-state index contributed by atoms with van der Waals surface area (Å²) in [6, 6.07) is 54.5. The van der Waals surface area contributed by atoms with Crippen LogP contribution < -0.4 is 0 Å². The van der Waals surface area contributed by atoms with Crippen molar-refractivity contribution in [1.82, 2.24) is 19.5 Å². The molecule has 0 N–H and O–H groups in total. The van der Waals surface area contributed by atoms with Gasteiger partial charge in [-0.25, -0.2) is 15.0 Å². The molecule has 4 nitrogen and oxygen atoms in total. The Morgan fingerprint density at radius 2 is 1.27 bits per heavy atom. The van der Waals surface area contributed by atoms with Crippen molar-refractivity contribution >= 4 is 38.3 Å². The summed E-state index contributed by atoms with van der Waals surface area (Å²) in [6.45, 7) is 4.66. The number of para-hydroxylation sites is 1. The van der Waals surface area contributed by atoms with Crippen LogP contribution in [0.3, 0.4) is 0 Å². The van der Waals surface area contributed by atoms with Crippen LogP contribution in [0.2, 0.25) is 0 Å². The molecule has 0 amide bonds. The lowest BCUT2D eigenvalue weighted by Crippen LogP contribution is -2.23. The number of hydrogen-bond acceptors (Lipinski definition) is 3. The number of rotatable bonds is 5. The maximum Gasteiger partial charge on any atom is 0.160 e. The zero-order valence-electron chi connectivity index (χ0n) is 31.4. The van der Waals surface area contributed by atoms with Gasteiger partial charge in [-0.15, -0.1) is 0 Å². The van der Waals surface area contributed by atoms with E-state index in [0.717, 1.165) is 74.7 Å². The largest absolute Gasteiger partial charge is 0.294 e. The Labute approximate surface area is 326 Å². The average molecular weight is 719 g/mol. The first-order chi connectivity index (χ1) is 27.5. The summed E-state index contributed by atoms with van der Waals surface area (Å²) in [6.07, 6.45) is 8.53. The molecule has 2 aliphatic rings. The number of allylic oxidation sites excluding steroid dienone is 4.